The Balaban J connectivity index is 2.28. The minimum absolute atomic E-state index is 0.0296. The van der Waals surface area contributed by atoms with Gasteiger partial charge in [-0.25, -0.2) is 4.79 Å². The Labute approximate surface area is 86.3 Å². The molecule has 1 fully saturated rings. The maximum absolute atomic E-state index is 11.4. The van der Waals surface area contributed by atoms with Crippen LogP contribution in [0.5, 0.6) is 5.75 Å². The molecule has 3 amide bonds. The second-order valence-corrected chi connectivity index (χ2v) is 3.24. The Morgan fingerprint density at radius 3 is 2.67 bits per heavy atom. The van der Waals surface area contributed by atoms with Crippen LogP contribution in [0.3, 0.4) is 0 Å². The first-order valence-electron chi connectivity index (χ1n) is 4.58. The predicted molar refractivity (Wildman–Crippen MR) is 53.6 cm³/mol. The van der Waals surface area contributed by atoms with E-state index >= 15 is 0 Å². The standard InChI is InChI=1S/C10H10N2O3/c13-8-4-2-1-3-7(8)12-6-5-9(14)11-10(12)15/h1-4,13H,5-6H2,(H,11,14,15). The lowest BCUT2D eigenvalue weighted by Crippen LogP contribution is -2.49. The van der Waals surface area contributed by atoms with Gasteiger partial charge in [-0.05, 0) is 12.1 Å². The quantitative estimate of drug-likeness (QED) is 0.715. The number of hydrogen-bond donors (Lipinski definition) is 2. The van der Waals surface area contributed by atoms with Crippen molar-refractivity contribution in [1.29, 1.82) is 0 Å². The van der Waals surface area contributed by atoms with Crippen LogP contribution in [-0.4, -0.2) is 23.6 Å². The van der Waals surface area contributed by atoms with Crippen LogP contribution in [0.1, 0.15) is 6.42 Å². The Kier molecular flexibility index (Phi) is 2.29. The second-order valence-electron chi connectivity index (χ2n) is 3.24. The molecule has 5 nitrogen and oxygen atoms in total. The van der Waals surface area contributed by atoms with Crippen molar-refractivity contribution in [3.05, 3.63) is 24.3 Å². The molecule has 1 heterocycles. The molecule has 2 N–H and O–H groups in total. The van der Waals surface area contributed by atoms with E-state index in [4.69, 9.17) is 0 Å². The van der Waals surface area contributed by atoms with Crippen LogP contribution in [0.2, 0.25) is 0 Å². The van der Waals surface area contributed by atoms with Crippen LogP contribution in [0.15, 0.2) is 24.3 Å². The van der Waals surface area contributed by atoms with Crippen molar-refractivity contribution >= 4 is 17.6 Å². The molecule has 78 valence electrons. The minimum Gasteiger partial charge on any atom is -0.506 e. The number of imide groups is 1. The molecule has 0 unspecified atom stereocenters. The monoisotopic (exact) mass is 206 g/mol. The summed E-state index contributed by atoms with van der Waals surface area (Å²) in [5.41, 5.74) is 0.419. The van der Waals surface area contributed by atoms with Gasteiger partial charge >= 0.3 is 6.03 Å². The van der Waals surface area contributed by atoms with E-state index in [0.29, 0.717) is 12.2 Å². The molecular formula is C10H10N2O3. The summed E-state index contributed by atoms with van der Waals surface area (Å²) in [4.78, 5) is 23.7. The van der Waals surface area contributed by atoms with Gasteiger partial charge in [0.1, 0.15) is 5.75 Å². The molecule has 1 aromatic rings. The van der Waals surface area contributed by atoms with Crippen LogP contribution in [0.25, 0.3) is 0 Å². The summed E-state index contributed by atoms with van der Waals surface area (Å²) in [6.45, 7) is 0.294. The fourth-order valence-electron chi connectivity index (χ4n) is 1.49. The first-order chi connectivity index (χ1) is 7.18. The number of urea groups is 1. The molecule has 1 aliphatic rings. The Morgan fingerprint density at radius 1 is 1.27 bits per heavy atom. The van der Waals surface area contributed by atoms with Gasteiger partial charge in [0, 0.05) is 13.0 Å². The largest absolute Gasteiger partial charge is 0.506 e. The van der Waals surface area contributed by atoms with E-state index in [1.165, 1.54) is 11.0 Å². The fraction of sp³-hybridized carbons (Fsp3) is 0.200. The molecule has 0 saturated carbocycles. The number of phenols is 1. The van der Waals surface area contributed by atoms with Crippen LogP contribution >= 0.6 is 0 Å². The smallest absolute Gasteiger partial charge is 0.328 e. The maximum Gasteiger partial charge on any atom is 0.328 e. The number of para-hydroxylation sites is 2. The highest BCUT2D eigenvalue weighted by atomic mass is 16.3. The molecule has 1 aromatic carbocycles. The normalized spacial score (nSPS) is 16.4. The highest BCUT2D eigenvalue weighted by Gasteiger charge is 2.25. The summed E-state index contributed by atoms with van der Waals surface area (Å²) < 4.78 is 0. The second kappa shape index (κ2) is 3.61. The Hall–Kier alpha value is -2.04. The van der Waals surface area contributed by atoms with Gasteiger partial charge in [-0.3, -0.25) is 15.0 Å². The summed E-state index contributed by atoms with van der Waals surface area (Å²) in [7, 11) is 0. The molecule has 1 saturated heterocycles. The Bertz CT molecular complexity index is 417. The lowest BCUT2D eigenvalue weighted by molar-refractivity contribution is -0.120. The van der Waals surface area contributed by atoms with Gasteiger partial charge in [0.2, 0.25) is 5.91 Å². The number of benzene rings is 1. The molecular weight excluding hydrogens is 196 g/mol. The molecule has 5 heteroatoms. The van der Waals surface area contributed by atoms with Crippen LogP contribution in [0.4, 0.5) is 10.5 Å². The number of carbonyl (C=O) groups is 2. The number of amides is 3. The third kappa shape index (κ3) is 1.76. The number of rotatable bonds is 1. The highest BCUT2D eigenvalue weighted by molar-refractivity contribution is 6.06. The predicted octanol–water partition coefficient (Wildman–Crippen LogP) is 0.838. The number of hydrogen-bond acceptors (Lipinski definition) is 3. The van der Waals surface area contributed by atoms with Crippen LogP contribution < -0.4 is 10.2 Å². The topological polar surface area (TPSA) is 69.6 Å². The lowest BCUT2D eigenvalue weighted by Gasteiger charge is -2.26. The highest BCUT2D eigenvalue weighted by Crippen LogP contribution is 2.27. The van der Waals surface area contributed by atoms with E-state index < -0.39 is 6.03 Å². The number of nitrogens with zero attached hydrogens (tertiary/aromatic N) is 1. The summed E-state index contributed by atoms with van der Waals surface area (Å²) in [6, 6.07) is 6.03. The van der Waals surface area contributed by atoms with E-state index in [-0.39, 0.29) is 18.1 Å². The van der Waals surface area contributed by atoms with E-state index in [0.717, 1.165) is 0 Å². The van der Waals surface area contributed by atoms with Crippen LogP contribution in [0, 0.1) is 0 Å². The third-order valence-electron chi connectivity index (χ3n) is 2.23. The molecule has 15 heavy (non-hydrogen) atoms. The summed E-state index contributed by atoms with van der Waals surface area (Å²) in [6.07, 6.45) is 0.250. The molecule has 0 spiro atoms. The molecule has 0 atom stereocenters. The van der Waals surface area contributed by atoms with Crippen molar-refractivity contribution in [2.75, 3.05) is 11.4 Å². The molecule has 2 rings (SSSR count). The van der Waals surface area contributed by atoms with E-state index in [9.17, 15) is 14.7 Å². The van der Waals surface area contributed by atoms with Crippen molar-refractivity contribution in [2.24, 2.45) is 0 Å². The van der Waals surface area contributed by atoms with Crippen molar-refractivity contribution in [3.63, 3.8) is 0 Å². The van der Waals surface area contributed by atoms with Crippen molar-refractivity contribution < 1.29 is 14.7 Å². The molecule has 0 aromatic heterocycles. The fourth-order valence-corrected chi connectivity index (χ4v) is 1.49. The van der Waals surface area contributed by atoms with E-state index in [1.807, 2.05) is 0 Å². The molecule has 0 aliphatic carbocycles. The van der Waals surface area contributed by atoms with Gasteiger partial charge in [0.15, 0.2) is 0 Å². The van der Waals surface area contributed by atoms with Crippen molar-refractivity contribution in [3.8, 4) is 5.75 Å². The van der Waals surface area contributed by atoms with Crippen LogP contribution in [-0.2, 0) is 4.79 Å². The molecule has 1 aliphatic heterocycles. The number of carbonyl (C=O) groups excluding carboxylic acids is 2. The van der Waals surface area contributed by atoms with Gasteiger partial charge in [-0.1, -0.05) is 12.1 Å². The SMILES string of the molecule is O=C1CCN(c2ccccc2O)C(=O)N1. The maximum atomic E-state index is 11.4. The first-order valence-corrected chi connectivity index (χ1v) is 4.58. The zero-order valence-electron chi connectivity index (χ0n) is 7.93. The van der Waals surface area contributed by atoms with E-state index in [2.05, 4.69) is 5.32 Å². The summed E-state index contributed by atoms with van der Waals surface area (Å²) in [5, 5.41) is 11.7. The van der Waals surface area contributed by atoms with Crippen molar-refractivity contribution in [1.82, 2.24) is 5.32 Å². The van der Waals surface area contributed by atoms with Gasteiger partial charge < -0.3 is 5.11 Å². The Morgan fingerprint density at radius 2 is 2.00 bits per heavy atom. The number of anilines is 1. The average Bonchev–Trinajstić information content (AvgIpc) is 2.20. The zero-order chi connectivity index (χ0) is 10.8. The molecule has 0 bridgehead atoms. The number of phenolic OH excluding ortho intramolecular Hbond substituents is 1. The zero-order valence-corrected chi connectivity index (χ0v) is 7.93. The summed E-state index contributed by atoms with van der Waals surface area (Å²) in [5.74, 6) is -0.256. The van der Waals surface area contributed by atoms with E-state index in [1.54, 1.807) is 18.2 Å². The van der Waals surface area contributed by atoms with Gasteiger partial charge in [0.25, 0.3) is 0 Å². The average molecular weight is 206 g/mol. The first kappa shape index (κ1) is 9.51. The number of nitrogens with one attached hydrogen (secondary N) is 1. The van der Waals surface area contributed by atoms with Crippen molar-refractivity contribution in [2.45, 2.75) is 6.42 Å². The van der Waals surface area contributed by atoms with Gasteiger partial charge in [-0.2, -0.15) is 0 Å². The lowest BCUT2D eigenvalue weighted by atomic mass is 10.2. The van der Waals surface area contributed by atoms with Gasteiger partial charge in [0.05, 0.1) is 5.69 Å². The molecule has 0 radical (unpaired) electrons. The summed E-state index contributed by atoms with van der Waals surface area (Å²) >= 11 is 0. The van der Waals surface area contributed by atoms with Gasteiger partial charge in [-0.15, -0.1) is 0 Å². The third-order valence-corrected chi connectivity index (χ3v) is 2.23. The minimum atomic E-state index is -0.493. The number of aromatic hydroxyl groups is 1.